The van der Waals surface area contributed by atoms with Crippen molar-refractivity contribution in [3.8, 4) is 5.75 Å². The van der Waals surface area contributed by atoms with Crippen LogP contribution in [-0.4, -0.2) is 11.0 Å². The van der Waals surface area contributed by atoms with E-state index in [0.717, 1.165) is 27.9 Å². The van der Waals surface area contributed by atoms with Crippen molar-refractivity contribution in [3.05, 3.63) is 58.7 Å². The van der Waals surface area contributed by atoms with E-state index in [2.05, 4.69) is 5.32 Å². The Morgan fingerprint density at radius 3 is 2.45 bits per heavy atom. The number of hydrogen-bond donors (Lipinski definition) is 2. The summed E-state index contributed by atoms with van der Waals surface area (Å²) >= 11 is 0. The minimum absolute atomic E-state index is 0.0884. The molecule has 1 aliphatic heterocycles. The van der Waals surface area contributed by atoms with Crippen LogP contribution in [0.1, 0.15) is 22.3 Å². The number of anilines is 1. The number of hydrogen-bond acceptors (Lipinski definition) is 2. The molecule has 2 N–H and O–H groups in total. The second-order valence-corrected chi connectivity index (χ2v) is 5.06. The standard InChI is InChI=1S/C17H15NO2/c1-10-7-12(8-11(2)16(10)19)9-14-13-5-3-4-6-15(13)18-17(14)20/h3-9,19H,1-2H3,(H,18,20). The second kappa shape index (κ2) is 4.53. The van der Waals surface area contributed by atoms with E-state index >= 15 is 0 Å². The minimum Gasteiger partial charge on any atom is -0.507 e. The van der Waals surface area contributed by atoms with E-state index in [-0.39, 0.29) is 5.91 Å². The summed E-state index contributed by atoms with van der Waals surface area (Å²) in [5.41, 5.74) is 4.95. The number of para-hydroxylation sites is 1. The highest BCUT2D eigenvalue weighted by Gasteiger charge is 2.23. The van der Waals surface area contributed by atoms with Crippen LogP contribution in [-0.2, 0) is 4.79 Å². The van der Waals surface area contributed by atoms with Crippen LogP contribution in [0.4, 0.5) is 5.69 Å². The topological polar surface area (TPSA) is 49.3 Å². The number of aryl methyl sites for hydroxylation is 2. The van der Waals surface area contributed by atoms with Crippen LogP contribution in [0, 0.1) is 13.8 Å². The number of nitrogens with one attached hydrogen (secondary N) is 1. The Bertz CT molecular complexity index is 721. The fourth-order valence-corrected chi connectivity index (χ4v) is 2.52. The Morgan fingerprint density at radius 1 is 1.10 bits per heavy atom. The highest BCUT2D eigenvalue weighted by atomic mass is 16.3. The fourth-order valence-electron chi connectivity index (χ4n) is 2.52. The molecule has 0 fully saturated rings. The van der Waals surface area contributed by atoms with Gasteiger partial charge >= 0.3 is 0 Å². The molecule has 1 aliphatic rings. The molecule has 0 bridgehead atoms. The van der Waals surface area contributed by atoms with Crippen LogP contribution >= 0.6 is 0 Å². The molecule has 1 amide bonds. The van der Waals surface area contributed by atoms with Gasteiger partial charge in [-0.15, -0.1) is 0 Å². The van der Waals surface area contributed by atoms with Crippen molar-refractivity contribution in [2.24, 2.45) is 0 Å². The van der Waals surface area contributed by atoms with Crippen LogP contribution < -0.4 is 5.32 Å². The van der Waals surface area contributed by atoms with Crippen LogP contribution in [0.15, 0.2) is 36.4 Å². The minimum atomic E-state index is -0.0884. The Kier molecular flexibility index (Phi) is 2.83. The number of carbonyl (C=O) groups excluding carboxylic acids is 1. The summed E-state index contributed by atoms with van der Waals surface area (Å²) < 4.78 is 0. The lowest BCUT2D eigenvalue weighted by atomic mass is 10.0. The summed E-state index contributed by atoms with van der Waals surface area (Å²) in [6, 6.07) is 11.4. The lowest BCUT2D eigenvalue weighted by Gasteiger charge is -2.05. The van der Waals surface area contributed by atoms with Gasteiger partial charge in [0.25, 0.3) is 5.91 Å². The largest absolute Gasteiger partial charge is 0.507 e. The maximum Gasteiger partial charge on any atom is 0.256 e. The zero-order valence-corrected chi connectivity index (χ0v) is 11.4. The van der Waals surface area contributed by atoms with Crippen LogP contribution in [0.3, 0.4) is 0 Å². The normalized spacial score (nSPS) is 15.3. The highest BCUT2D eigenvalue weighted by molar-refractivity contribution is 6.34. The van der Waals surface area contributed by atoms with Crippen molar-refractivity contribution in [1.82, 2.24) is 0 Å². The molecule has 3 nitrogen and oxygen atoms in total. The first kappa shape index (κ1) is 12.5. The molecule has 1 heterocycles. The van der Waals surface area contributed by atoms with E-state index in [1.807, 2.05) is 56.3 Å². The number of aromatic hydroxyl groups is 1. The number of phenolic OH excluding ortho intramolecular Hbond substituents is 1. The van der Waals surface area contributed by atoms with Crippen molar-refractivity contribution in [1.29, 1.82) is 0 Å². The number of phenols is 1. The van der Waals surface area contributed by atoms with Crippen molar-refractivity contribution in [3.63, 3.8) is 0 Å². The third kappa shape index (κ3) is 1.97. The highest BCUT2D eigenvalue weighted by Crippen LogP contribution is 2.33. The van der Waals surface area contributed by atoms with Gasteiger partial charge in [0.15, 0.2) is 0 Å². The predicted molar refractivity (Wildman–Crippen MR) is 80.5 cm³/mol. The molecule has 0 spiro atoms. The van der Waals surface area contributed by atoms with E-state index in [1.165, 1.54) is 0 Å². The Labute approximate surface area is 117 Å². The molecule has 0 unspecified atom stereocenters. The maximum absolute atomic E-state index is 12.0. The zero-order chi connectivity index (χ0) is 14.3. The van der Waals surface area contributed by atoms with Gasteiger partial charge in [0, 0.05) is 16.8 Å². The fraction of sp³-hybridized carbons (Fsp3) is 0.118. The van der Waals surface area contributed by atoms with Gasteiger partial charge < -0.3 is 10.4 Å². The van der Waals surface area contributed by atoms with E-state index in [9.17, 15) is 9.90 Å². The van der Waals surface area contributed by atoms with Gasteiger partial charge in [-0.1, -0.05) is 18.2 Å². The average molecular weight is 265 g/mol. The average Bonchev–Trinajstić information content (AvgIpc) is 2.73. The first-order valence-corrected chi connectivity index (χ1v) is 6.49. The molecule has 3 rings (SSSR count). The molecule has 0 aliphatic carbocycles. The molecule has 0 atom stereocenters. The Balaban J connectivity index is 2.11. The molecule has 2 aromatic carbocycles. The van der Waals surface area contributed by atoms with Crippen molar-refractivity contribution >= 4 is 23.2 Å². The summed E-state index contributed by atoms with van der Waals surface area (Å²) in [7, 11) is 0. The van der Waals surface area contributed by atoms with E-state index in [0.29, 0.717) is 11.3 Å². The Morgan fingerprint density at radius 2 is 1.75 bits per heavy atom. The first-order chi connectivity index (χ1) is 9.56. The smallest absolute Gasteiger partial charge is 0.256 e. The molecule has 3 heteroatoms. The monoisotopic (exact) mass is 265 g/mol. The van der Waals surface area contributed by atoms with Crippen molar-refractivity contribution in [2.75, 3.05) is 5.32 Å². The van der Waals surface area contributed by atoms with Gasteiger partial charge in [0.05, 0.1) is 0 Å². The number of rotatable bonds is 1. The molecule has 0 radical (unpaired) electrons. The molecule has 0 aromatic heterocycles. The molecule has 2 aromatic rings. The number of benzene rings is 2. The molecule has 0 saturated heterocycles. The molecular formula is C17H15NO2. The SMILES string of the molecule is Cc1cc(C=C2C(=O)Nc3ccccc32)cc(C)c1O. The van der Waals surface area contributed by atoms with Gasteiger partial charge in [-0.05, 0) is 54.8 Å². The van der Waals surface area contributed by atoms with Crippen molar-refractivity contribution < 1.29 is 9.90 Å². The third-order valence-corrected chi connectivity index (χ3v) is 3.53. The van der Waals surface area contributed by atoms with Crippen LogP contribution in [0.25, 0.3) is 11.6 Å². The van der Waals surface area contributed by atoms with Gasteiger partial charge in [-0.3, -0.25) is 4.79 Å². The van der Waals surface area contributed by atoms with Gasteiger partial charge in [-0.25, -0.2) is 0 Å². The third-order valence-electron chi connectivity index (χ3n) is 3.53. The summed E-state index contributed by atoms with van der Waals surface area (Å²) in [5.74, 6) is 0.220. The first-order valence-electron chi connectivity index (χ1n) is 6.49. The van der Waals surface area contributed by atoms with Crippen molar-refractivity contribution in [2.45, 2.75) is 13.8 Å². The molecular weight excluding hydrogens is 250 g/mol. The predicted octanol–water partition coefficient (Wildman–Crippen LogP) is 3.50. The quantitative estimate of drug-likeness (QED) is 0.775. The lowest BCUT2D eigenvalue weighted by molar-refractivity contribution is -0.110. The number of fused-ring (bicyclic) bond motifs is 1. The van der Waals surface area contributed by atoms with Gasteiger partial charge in [-0.2, -0.15) is 0 Å². The lowest BCUT2D eigenvalue weighted by Crippen LogP contribution is -2.03. The van der Waals surface area contributed by atoms with E-state index < -0.39 is 0 Å². The summed E-state index contributed by atoms with van der Waals surface area (Å²) in [6.45, 7) is 3.71. The number of carbonyl (C=O) groups is 1. The van der Waals surface area contributed by atoms with Crippen LogP contribution in [0.2, 0.25) is 0 Å². The molecule has 20 heavy (non-hydrogen) atoms. The summed E-state index contributed by atoms with van der Waals surface area (Å²) in [6.07, 6.45) is 1.86. The molecule has 0 saturated carbocycles. The second-order valence-electron chi connectivity index (χ2n) is 5.06. The molecule has 100 valence electrons. The summed E-state index contributed by atoms with van der Waals surface area (Å²) in [5, 5.41) is 12.7. The zero-order valence-electron chi connectivity index (χ0n) is 11.4. The van der Waals surface area contributed by atoms with E-state index in [4.69, 9.17) is 0 Å². The van der Waals surface area contributed by atoms with Gasteiger partial charge in [0.2, 0.25) is 0 Å². The van der Waals surface area contributed by atoms with Crippen LogP contribution in [0.5, 0.6) is 5.75 Å². The van der Waals surface area contributed by atoms with Gasteiger partial charge in [0.1, 0.15) is 5.75 Å². The van der Waals surface area contributed by atoms with E-state index in [1.54, 1.807) is 0 Å². The number of amides is 1. The maximum atomic E-state index is 12.0. The Hall–Kier alpha value is -2.55. The summed E-state index contributed by atoms with van der Waals surface area (Å²) in [4.78, 5) is 12.0.